The maximum absolute atomic E-state index is 2.48. The molecule has 1 heteroatoms. The molecule has 0 saturated carbocycles. The van der Waals surface area contributed by atoms with Crippen molar-refractivity contribution < 1.29 is 0 Å². The zero-order valence-corrected chi connectivity index (χ0v) is 9.70. The molecular formula is C10H22P+. The molecule has 0 heterocycles. The lowest BCUT2D eigenvalue weighted by molar-refractivity contribution is 0.498. The quantitative estimate of drug-likeness (QED) is 0.570. The van der Waals surface area contributed by atoms with Gasteiger partial charge in [-0.1, -0.05) is 20.8 Å². The molecule has 1 unspecified atom stereocenters. The SMILES string of the molecule is CCC=[P+](C)C(C)(C)C(C)C. The van der Waals surface area contributed by atoms with Crippen molar-refractivity contribution in [3.63, 3.8) is 0 Å². The largest absolute Gasteiger partial charge is 0.122 e. The zero-order chi connectivity index (χ0) is 9.07. The third kappa shape index (κ3) is 2.95. The van der Waals surface area contributed by atoms with Gasteiger partial charge in [-0.2, -0.15) is 0 Å². The fraction of sp³-hybridized carbons (Fsp3) is 0.900. The molecule has 0 aliphatic carbocycles. The average molecular weight is 173 g/mol. The van der Waals surface area contributed by atoms with Gasteiger partial charge in [-0.25, -0.2) is 0 Å². The van der Waals surface area contributed by atoms with Crippen LogP contribution in [0.15, 0.2) is 0 Å². The molecule has 0 fully saturated rings. The van der Waals surface area contributed by atoms with Gasteiger partial charge >= 0.3 is 0 Å². The van der Waals surface area contributed by atoms with Crippen molar-refractivity contribution in [2.24, 2.45) is 5.92 Å². The highest BCUT2D eigenvalue weighted by Crippen LogP contribution is 2.41. The van der Waals surface area contributed by atoms with E-state index in [4.69, 9.17) is 0 Å². The van der Waals surface area contributed by atoms with Crippen molar-refractivity contribution in [3.05, 3.63) is 0 Å². The summed E-state index contributed by atoms with van der Waals surface area (Å²) in [5, 5.41) is 0.519. The number of rotatable bonds is 3. The fourth-order valence-corrected chi connectivity index (χ4v) is 2.75. The van der Waals surface area contributed by atoms with Crippen LogP contribution in [-0.4, -0.2) is 17.6 Å². The number of hydrogen-bond donors (Lipinski definition) is 0. The Morgan fingerprint density at radius 1 is 1.36 bits per heavy atom. The van der Waals surface area contributed by atoms with Crippen LogP contribution in [0.3, 0.4) is 0 Å². The Morgan fingerprint density at radius 2 is 1.82 bits per heavy atom. The van der Waals surface area contributed by atoms with Crippen molar-refractivity contribution in [1.82, 2.24) is 0 Å². The van der Waals surface area contributed by atoms with Gasteiger partial charge in [-0.3, -0.25) is 0 Å². The summed E-state index contributed by atoms with van der Waals surface area (Å²) in [6.45, 7) is 14.0. The third-order valence-electron chi connectivity index (χ3n) is 2.78. The van der Waals surface area contributed by atoms with Crippen LogP contribution >= 0.6 is 7.55 Å². The fourth-order valence-electron chi connectivity index (χ4n) is 0.916. The van der Waals surface area contributed by atoms with E-state index in [9.17, 15) is 0 Å². The predicted octanol–water partition coefficient (Wildman–Crippen LogP) is 3.74. The monoisotopic (exact) mass is 173 g/mol. The molecule has 0 saturated heterocycles. The van der Waals surface area contributed by atoms with Crippen LogP contribution in [0.25, 0.3) is 0 Å². The summed E-state index contributed by atoms with van der Waals surface area (Å²) in [5.41, 5.74) is 0. The molecule has 0 N–H and O–H groups in total. The van der Waals surface area contributed by atoms with Gasteiger partial charge < -0.3 is 0 Å². The van der Waals surface area contributed by atoms with E-state index < -0.39 is 0 Å². The Balaban J connectivity index is 4.41. The average Bonchev–Trinajstić information content (AvgIpc) is 1.88. The van der Waals surface area contributed by atoms with E-state index in [1.165, 1.54) is 6.42 Å². The van der Waals surface area contributed by atoms with Crippen LogP contribution in [0, 0.1) is 5.92 Å². The Bertz CT molecular complexity index is 143. The van der Waals surface area contributed by atoms with E-state index in [1.54, 1.807) is 0 Å². The predicted molar refractivity (Wildman–Crippen MR) is 58.1 cm³/mol. The van der Waals surface area contributed by atoms with Gasteiger partial charge in [0.1, 0.15) is 5.16 Å². The van der Waals surface area contributed by atoms with Gasteiger partial charge in [0, 0.05) is 6.42 Å². The first kappa shape index (κ1) is 11.2. The molecule has 0 aromatic heterocycles. The molecule has 0 aromatic rings. The molecular weight excluding hydrogens is 151 g/mol. The molecule has 1 atom stereocenters. The van der Waals surface area contributed by atoms with E-state index in [1.807, 2.05) is 0 Å². The summed E-state index contributed by atoms with van der Waals surface area (Å²) < 4.78 is 0. The van der Waals surface area contributed by atoms with Crippen molar-refractivity contribution >= 4 is 13.3 Å². The summed E-state index contributed by atoms with van der Waals surface area (Å²) in [5.74, 6) is 3.27. The summed E-state index contributed by atoms with van der Waals surface area (Å²) in [6, 6.07) is 0. The van der Waals surface area contributed by atoms with E-state index in [-0.39, 0.29) is 7.55 Å². The zero-order valence-electron chi connectivity index (χ0n) is 8.81. The van der Waals surface area contributed by atoms with Crippen molar-refractivity contribution in [2.45, 2.75) is 46.2 Å². The molecule has 0 amide bonds. The third-order valence-corrected chi connectivity index (χ3v) is 6.03. The molecule has 66 valence electrons. The van der Waals surface area contributed by atoms with Gasteiger partial charge in [-0.15, -0.1) is 0 Å². The van der Waals surface area contributed by atoms with Crippen molar-refractivity contribution in [3.8, 4) is 0 Å². The lowest BCUT2D eigenvalue weighted by Crippen LogP contribution is -2.22. The summed E-state index contributed by atoms with van der Waals surface area (Å²) in [7, 11) is 0.112. The second kappa shape index (κ2) is 4.26. The minimum absolute atomic E-state index is 0.112. The first-order valence-corrected chi connectivity index (χ1v) is 6.35. The summed E-state index contributed by atoms with van der Waals surface area (Å²) in [6.07, 6.45) is 1.22. The highest BCUT2D eigenvalue weighted by Gasteiger charge is 2.33. The molecule has 0 radical (unpaired) electrons. The van der Waals surface area contributed by atoms with Crippen LogP contribution in [0.1, 0.15) is 41.0 Å². The Hall–Kier alpha value is 0.170. The maximum Gasteiger partial charge on any atom is 0.122 e. The van der Waals surface area contributed by atoms with E-state index >= 15 is 0 Å². The second-order valence-corrected chi connectivity index (χ2v) is 6.75. The smallest absolute Gasteiger partial charge is 0.0583 e. The highest BCUT2D eigenvalue weighted by atomic mass is 31.1. The van der Waals surface area contributed by atoms with E-state index in [2.05, 4.69) is 47.1 Å². The minimum Gasteiger partial charge on any atom is -0.0583 e. The van der Waals surface area contributed by atoms with Gasteiger partial charge in [-0.05, 0) is 19.8 Å². The molecule has 0 bridgehead atoms. The van der Waals surface area contributed by atoms with Gasteiger partial charge in [0.15, 0.2) is 0 Å². The lowest BCUT2D eigenvalue weighted by Gasteiger charge is -2.21. The molecule has 0 aromatic carbocycles. The molecule has 0 nitrogen and oxygen atoms in total. The maximum atomic E-state index is 2.48. The van der Waals surface area contributed by atoms with Crippen LogP contribution in [-0.2, 0) is 0 Å². The Morgan fingerprint density at radius 3 is 2.09 bits per heavy atom. The van der Waals surface area contributed by atoms with E-state index in [0.29, 0.717) is 5.16 Å². The molecule has 0 aliphatic heterocycles. The second-order valence-electron chi connectivity index (χ2n) is 4.01. The van der Waals surface area contributed by atoms with Crippen LogP contribution in [0.5, 0.6) is 0 Å². The molecule has 0 spiro atoms. The molecule has 11 heavy (non-hydrogen) atoms. The van der Waals surface area contributed by atoms with Gasteiger partial charge in [0.2, 0.25) is 0 Å². The molecule has 0 aliphatic rings. The summed E-state index contributed by atoms with van der Waals surface area (Å²) in [4.78, 5) is 0. The van der Waals surface area contributed by atoms with Crippen LogP contribution < -0.4 is 0 Å². The Kier molecular flexibility index (Phi) is 4.32. The first-order valence-electron chi connectivity index (χ1n) is 4.49. The lowest BCUT2D eigenvalue weighted by atomic mass is 10.00. The first-order chi connectivity index (χ1) is 4.92. The summed E-state index contributed by atoms with van der Waals surface area (Å²) >= 11 is 0. The van der Waals surface area contributed by atoms with Crippen LogP contribution in [0.2, 0.25) is 0 Å². The van der Waals surface area contributed by atoms with Crippen LogP contribution in [0.4, 0.5) is 0 Å². The van der Waals surface area contributed by atoms with Crippen molar-refractivity contribution in [2.75, 3.05) is 6.66 Å². The number of hydrogen-bond acceptors (Lipinski definition) is 0. The topological polar surface area (TPSA) is 0 Å². The van der Waals surface area contributed by atoms with Gasteiger partial charge in [0.05, 0.1) is 20.0 Å². The standard InChI is InChI=1S/C10H22P/c1-7-8-11(6)10(4,5)9(2)3/h8-9H,7H2,1-6H3/q+1. The molecule has 0 rings (SSSR count). The highest BCUT2D eigenvalue weighted by molar-refractivity contribution is 7.58. The minimum atomic E-state index is 0.112. The van der Waals surface area contributed by atoms with Crippen molar-refractivity contribution in [1.29, 1.82) is 0 Å². The normalized spacial score (nSPS) is 14.3. The van der Waals surface area contributed by atoms with E-state index in [0.717, 1.165) is 5.92 Å². The Labute approximate surface area is 72.8 Å². The van der Waals surface area contributed by atoms with Gasteiger partial charge in [0.25, 0.3) is 0 Å².